The monoisotopic (exact) mass is 447 g/mol. The van der Waals surface area contributed by atoms with Crippen molar-refractivity contribution in [2.75, 3.05) is 7.05 Å². The average Bonchev–Trinajstić information content (AvgIpc) is 3.39. The summed E-state index contributed by atoms with van der Waals surface area (Å²) < 4.78 is 46.9. The smallest absolute Gasteiger partial charge is 0.416 e. The third kappa shape index (κ3) is 4.26. The van der Waals surface area contributed by atoms with E-state index in [0.717, 1.165) is 42.9 Å². The van der Waals surface area contributed by atoms with E-state index in [9.17, 15) is 18.0 Å². The number of carbonyl (C=O) groups is 1. The number of alkyl halides is 3. The number of rotatable bonds is 4. The first-order valence-corrected chi connectivity index (χ1v) is 10.4. The summed E-state index contributed by atoms with van der Waals surface area (Å²) in [6.45, 7) is 1.88. The highest BCUT2D eigenvalue weighted by atomic mass is 19.4. The summed E-state index contributed by atoms with van der Waals surface area (Å²) in [5, 5.41) is 8.37. The standard InChI is InChI=1S/C22H24F3N5O2/c1-13-26-12-18(29(13)2)20-28-27-19(32-20)14-6-5-9-17(11-14)30(3)21(31)15-7-4-8-16(10-15)22(23,24)25/h4,7-8,10,12,14,17H,5-6,9,11H2,1-3H3/t14-,17+/m0/s1. The zero-order valence-electron chi connectivity index (χ0n) is 18.1. The first-order valence-electron chi connectivity index (χ1n) is 10.4. The highest BCUT2D eigenvalue weighted by molar-refractivity contribution is 5.94. The Morgan fingerprint density at radius 1 is 1.25 bits per heavy atom. The Morgan fingerprint density at radius 2 is 2.03 bits per heavy atom. The van der Waals surface area contributed by atoms with E-state index in [4.69, 9.17) is 4.42 Å². The molecule has 2 atom stereocenters. The van der Waals surface area contributed by atoms with Gasteiger partial charge in [0.15, 0.2) is 0 Å². The van der Waals surface area contributed by atoms with Gasteiger partial charge in [0.1, 0.15) is 11.5 Å². The Morgan fingerprint density at radius 3 is 2.72 bits per heavy atom. The summed E-state index contributed by atoms with van der Waals surface area (Å²) in [6.07, 6.45) is 0.240. The molecule has 0 N–H and O–H groups in total. The van der Waals surface area contributed by atoms with Crippen LogP contribution in [0.4, 0.5) is 13.2 Å². The van der Waals surface area contributed by atoms with Crippen LogP contribution in [-0.2, 0) is 13.2 Å². The number of halogens is 3. The molecule has 0 unspecified atom stereocenters. The molecule has 0 bridgehead atoms. The quantitative estimate of drug-likeness (QED) is 0.584. The molecule has 170 valence electrons. The molecule has 2 heterocycles. The van der Waals surface area contributed by atoms with Crippen LogP contribution < -0.4 is 0 Å². The van der Waals surface area contributed by atoms with Gasteiger partial charge in [0.2, 0.25) is 5.89 Å². The average molecular weight is 447 g/mol. The zero-order valence-corrected chi connectivity index (χ0v) is 18.1. The summed E-state index contributed by atoms with van der Waals surface area (Å²) in [7, 11) is 3.50. The molecule has 0 aliphatic heterocycles. The van der Waals surface area contributed by atoms with Crippen LogP contribution in [0.5, 0.6) is 0 Å². The Hall–Kier alpha value is -3.17. The molecule has 0 spiro atoms. The molecule has 1 aliphatic rings. The Kier molecular flexibility index (Phi) is 5.79. The first-order chi connectivity index (χ1) is 15.1. The van der Waals surface area contributed by atoms with Crippen LogP contribution in [0.1, 0.15) is 59.2 Å². The van der Waals surface area contributed by atoms with E-state index in [2.05, 4.69) is 15.2 Å². The number of amides is 1. The van der Waals surface area contributed by atoms with E-state index in [1.165, 1.54) is 17.0 Å². The summed E-state index contributed by atoms with van der Waals surface area (Å²) in [4.78, 5) is 18.7. The van der Waals surface area contributed by atoms with Gasteiger partial charge in [0, 0.05) is 31.6 Å². The van der Waals surface area contributed by atoms with Crippen molar-refractivity contribution in [1.29, 1.82) is 0 Å². The maximum Gasteiger partial charge on any atom is 0.416 e. The van der Waals surface area contributed by atoms with Crippen molar-refractivity contribution in [2.24, 2.45) is 7.05 Å². The Labute approximate surface area is 183 Å². The van der Waals surface area contributed by atoms with Crippen molar-refractivity contribution in [3.05, 3.63) is 53.3 Å². The maximum atomic E-state index is 13.0. The fourth-order valence-corrected chi connectivity index (χ4v) is 4.14. The molecule has 1 fully saturated rings. The van der Waals surface area contributed by atoms with Crippen molar-refractivity contribution < 1.29 is 22.4 Å². The number of aromatic nitrogens is 4. The summed E-state index contributed by atoms with van der Waals surface area (Å²) in [5.74, 6) is 1.26. The van der Waals surface area contributed by atoms with Crippen LogP contribution in [0.25, 0.3) is 11.6 Å². The van der Waals surface area contributed by atoms with Gasteiger partial charge in [-0.15, -0.1) is 10.2 Å². The number of nitrogens with zero attached hydrogens (tertiary/aromatic N) is 5. The van der Waals surface area contributed by atoms with Gasteiger partial charge in [-0.25, -0.2) is 4.98 Å². The molecular weight excluding hydrogens is 423 g/mol. The molecule has 3 aromatic rings. The molecule has 32 heavy (non-hydrogen) atoms. The third-order valence-corrected chi connectivity index (χ3v) is 6.18. The number of imidazole rings is 1. The molecule has 0 radical (unpaired) electrons. The largest absolute Gasteiger partial charge is 0.419 e. The minimum absolute atomic E-state index is 0.0242. The second kappa shape index (κ2) is 8.40. The van der Waals surface area contributed by atoms with E-state index in [1.807, 2.05) is 18.5 Å². The molecule has 1 aromatic carbocycles. The van der Waals surface area contributed by atoms with E-state index >= 15 is 0 Å². The van der Waals surface area contributed by atoms with Crippen LogP contribution in [0, 0.1) is 6.92 Å². The predicted molar refractivity (Wildman–Crippen MR) is 110 cm³/mol. The van der Waals surface area contributed by atoms with E-state index < -0.39 is 17.6 Å². The maximum absolute atomic E-state index is 13.0. The lowest BCUT2D eigenvalue weighted by molar-refractivity contribution is -0.137. The molecular formula is C22H24F3N5O2. The molecule has 7 nitrogen and oxygen atoms in total. The highest BCUT2D eigenvalue weighted by Gasteiger charge is 2.34. The Balaban J connectivity index is 1.48. The van der Waals surface area contributed by atoms with E-state index in [-0.39, 0.29) is 17.5 Å². The summed E-state index contributed by atoms with van der Waals surface area (Å²) >= 11 is 0. The summed E-state index contributed by atoms with van der Waals surface area (Å²) in [6, 6.07) is 4.40. The molecule has 0 saturated heterocycles. The van der Waals surface area contributed by atoms with Crippen molar-refractivity contribution >= 4 is 5.91 Å². The van der Waals surface area contributed by atoms with Gasteiger partial charge in [-0.1, -0.05) is 12.5 Å². The van der Waals surface area contributed by atoms with Gasteiger partial charge < -0.3 is 13.9 Å². The lowest BCUT2D eigenvalue weighted by Gasteiger charge is -2.34. The van der Waals surface area contributed by atoms with E-state index in [1.54, 1.807) is 13.2 Å². The van der Waals surface area contributed by atoms with Crippen LogP contribution in [0.3, 0.4) is 0 Å². The van der Waals surface area contributed by atoms with Gasteiger partial charge in [-0.2, -0.15) is 13.2 Å². The van der Waals surface area contributed by atoms with Gasteiger partial charge in [-0.05, 0) is 44.4 Å². The molecule has 4 rings (SSSR count). The molecule has 2 aromatic heterocycles. The number of carbonyl (C=O) groups excluding carboxylic acids is 1. The van der Waals surface area contributed by atoms with Crippen molar-refractivity contribution in [3.63, 3.8) is 0 Å². The number of aryl methyl sites for hydroxylation is 1. The van der Waals surface area contributed by atoms with Gasteiger partial charge in [0.25, 0.3) is 11.8 Å². The van der Waals surface area contributed by atoms with E-state index in [0.29, 0.717) is 18.2 Å². The van der Waals surface area contributed by atoms with Gasteiger partial charge in [-0.3, -0.25) is 4.79 Å². The van der Waals surface area contributed by atoms with Crippen LogP contribution in [0.15, 0.2) is 34.9 Å². The number of hydrogen-bond donors (Lipinski definition) is 0. The molecule has 1 saturated carbocycles. The zero-order chi connectivity index (χ0) is 23.0. The Bertz CT molecular complexity index is 1120. The SMILES string of the molecule is Cc1ncc(-c2nnc([C@H]3CCC[C@@H](N(C)C(=O)c4cccc(C(F)(F)F)c4)C3)o2)n1C. The fourth-order valence-electron chi connectivity index (χ4n) is 4.14. The first kappa shape index (κ1) is 22.0. The topological polar surface area (TPSA) is 77.1 Å². The second-order valence-corrected chi connectivity index (χ2v) is 8.21. The number of benzene rings is 1. The lowest BCUT2D eigenvalue weighted by Crippen LogP contribution is -2.40. The van der Waals surface area contributed by atoms with Crippen LogP contribution in [0.2, 0.25) is 0 Å². The van der Waals surface area contributed by atoms with Crippen molar-refractivity contribution in [1.82, 2.24) is 24.6 Å². The van der Waals surface area contributed by atoms with Gasteiger partial charge >= 0.3 is 6.18 Å². The molecule has 10 heteroatoms. The minimum atomic E-state index is -4.49. The minimum Gasteiger partial charge on any atom is -0.419 e. The third-order valence-electron chi connectivity index (χ3n) is 6.18. The normalized spacial score (nSPS) is 19.2. The van der Waals surface area contributed by atoms with Crippen LogP contribution in [-0.4, -0.2) is 43.6 Å². The van der Waals surface area contributed by atoms with Crippen molar-refractivity contribution in [2.45, 2.75) is 50.7 Å². The van der Waals surface area contributed by atoms with Crippen LogP contribution >= 0.6 is 0 Å². The predicted octanol–water partition coefficient (Wildman–Crippen LogP) is 4.60. The molecule has 1 aliphatic carbocycles. The van der Waals surface area contributed by atoms with Crippen molar-refractivity contribution in [3.8, 4) is 11.6 Å². The number of hydrogen-bond acceptors (Lipinski definition) is 5. The second-order valence-electron chi connectivity index (χ2n) is 8.21. The summed E-state index contributed by atoms with van der Waals surface area (Å²) in [5.41, 5.74) is -0.0800. The highest BCUT2D eigenvalue weighted by Crippen LogP contribution is 2.36. The molecule has 1 amide bonds. The van der Waals surface area contributed by atoms with Gasteiger partial charge in [0.05, 0.1) is 11.8 Å². The lowest BCUT2D eigenvalue weighted by atomic mass is 9.84. The fraction of sp³-hybridized carbons (Fsp3) is 0.455.